The van der Waals surface area contributed by atoms with Gasteiger partial charge in [0, 0.05) is 16.5 Å². The molecule has 166 valence electrons. The van der Waals surface area contributed by atoms with Gasteiger partial charge in [-0.1, -0.05) is 50.6 Å². The fourth-order valence-corrected chi connectivity index (χ4v) is 4.14. The summed E-state index contributed by atoms with van der Waals surface area (Å²) in [6.07, 6.45) is 0. The predicted octanol–water partition coefficient (Wildman–Crippen LogP) is 5.09. The first-order valence-electron chi connectivity index (χ1n) is 10.3. The van der Waals surface area contributed by atoms with Gasteiger partial charge in [-0.15, -0.1) is 16.4 Å². The maximum Gasteiger partial charge on any atom is 0.264 e. The molecule has 2 heterocycles. The average molecular weight is 451 g/mol. The van der Waals surface area contributed by atoms with Crippen LogP contribution in [-0.2, 0) is 10.2 Å². The number of aromatic nitrogens is 3. The topological polar surface area (TPSA) is 77.8 Å². The van der Waals surface area contributed by atoms with Gasteiger partial charge < -0.3 is 9.47 Å². The number of thiazole rings is 1. The highest BCUT2D eigenvalue weighted by molar-refractivity contribution is 7.15. The lowest BCUT2D eigenvalue weighted by Gasteiger charge is -2.23. The van der Waals surface area contributed by atoms with Crippen molar-refractivity contribution in [1.82, 2.24) is 14.6 Å². The van der Waals surface area contributed by atoms with Crippen molar-refractivity contribution < 1.29 is 14.3 Å². The summed E-state index contributed by atoms with van der Waals surface area (Å²) < 4.78 is 12.9. The van der Waals surface area contributed by atoms with Crippen LogP contribution in [0.5, 0.6) is 11.5 Å². The highest BCUT2D eigenvalue weighted by atomic mass is 32.1. The number of rotatable bonds is 6. The number of carbonyl (C=O) groups is 1. The Labute approximate surface area is 191 Å². The third-order valence-corrected chi connectivity index (χ3v) is 5.85. The number of hydrogen-bond acceptors (Lipinski definition) is 6. The maximum atomic E-state index is 12.5. The molecule has 4 rings (SSSR count). The largest absolute Gasteiger partial charge is 0.497 e. The molecule has 0 spiro atoms. The fraction of sp³-hybridized carbons (Fsp3) is 0.292. The minimum atomic E-state index is -0.323. The van der Waals surface area contributed by atoms with Crippen molar-refractivity contribution in [3.8, 4) is 22.8 Å². The lowest BCUT2D eigenvalue weighted by Crippen LogP contribution is -2.22. The van der Waals surface area contributed by atoms with Crippen LogP contribution < -0.4 is 14.8 Å². The normalized spacial score (nSPS) is 11.5. The van der Waals surface area contributed by atoms with E-state index in [0.29, 0.717) is 10.7 Å². The zero-order chi connectivity index (χ0) is 22.9. The van der Waals surface area contributed by atoms with Gasteiger partial charge in [-0.2, -0.15) is 4.98 Å². The van der Waals surface area contributed by atoms with Crippen molar-refractivity contribution >= 4 is 28.2 Å². The molecule has 32 heavy (non-hydrogen) atoms. The summed E-state index contributed by atoms with van der Waals surface area (Å²) in [4.78, 5) is 17.6. The van der Waals surface area contributed by atoms with Crippen LogP contribution in [0.1, 0.15) is 31.9 Å². The molecule has 0 bridgehead atoms. The van der Waals surface area contributed by atoms with E-state index in [-0.39, 0.29) is 23.9 Å². The van der Waals surface area contributed by atoms with Gasteiger partial charge in [0.1, 0.15) is 11.5 Å². The first-order chi connectivity index (χ1) is 15.2. The number of amides is 1. The van der Waals surface area contributed by atoms with E-state index in [4.69, 9.17) is 9.47 Å². The summed E-state index contributed by atoms with van der Waals surface area (Å²) in [5.74, 6) is 1.33. The molecule has 0 aliphatic rings. The van der Waals surface area contributed by atoms with Crippen molar-refractivity contribution in [3.63, 3.8) is 0 Å². The van der Waals surface area contributed by atoms with E-state index in [9.17, 15) is 4.79 Å². The molecular weight excluding hydrogens is 424 g/mol. The van der Waals surface area contributed by atoms with E-state index in [1.165, 1.54) is 16.9 Å². The maximum absolute atomic E-state index is 12.5. The van der Waals surface area contributed by atoms with Crippen LogP contribution in [0.2, 0.25) is 0 Å². The van der Waals surface area contributed by atoms with Crippen LogP contribution in [0.15, 0.2) is 47.8 Å². The quantitative estimate of drug-likeness (QED) is 0.443. The predicted molar refractivity (Wildman–Crippen MR) is 127 cm³/mol. The van der Waals surface area contributed by atoms with Crippen molar-refractivity contribution in [2.45, 2.75) is 33.1 Å². The number of aryl methyl sites for hydroxylation is 1. The standard InChI is InChI=1S/C24H26N4O3S/c1-15-6-8-16(9-7-15)19-14-32-23-26-22(27-28(19)23)25-21(29)13-31-20-11-10-17(30-5)12-18(20)24(2,3)4/h6-12,14H,13H2,1-5H3,(H,25,27,29). The number of fused-ring (bicyclic) bond motifs is 1. The molecule has 0 unspecified atom stereocenters. The molecule has 0 saturated heterocycles. The Morgan fingerprint density at radius 2 is 1.91 bits per heavy atom. The van der Waals surface area contributed by atoms with E-state index in [0.717, 1.165) is 22.6 Å². The number of ether oxygens (including phenoxy) is 2. The molecule has 0 fully saturated rings. The minimum Gasteiger partial charge on any atom is -0.497 e. The summed E-state index contributed by atoms with van der Waals surface area (Å²) in [5.41, 5.74) is 3.97. The summed E-state index contributed by atoms with van der Waals surface area (Å²) in [7, 11) is 1.63. The molecule has 1 amide bonds. The highest BCUT2D eigenvalue weighted by Gasteiger charge is 2.21. The van der Waals surface area contributed by atoms with E-state index in [1.807, 2.05) is 35.7 Å². The zero-order valence-electron chi connectivity index (χ0n) is 18.8. The SMILES string of the molecule is COc1ccc(OCC(=O)Nc2nc3scc(-c4ccc(C)cc4)n3n2)c(C(C)(C)C)c1. The molecule has 1 N–H and O–H groups in total. The fourth-order valence-electron chi connectivity index (χ4n) is 3.31. The first kappa shape index (κ1) is 21.8. The number of nitrogens with one attached hydrogen (secondary N) is 1. The Hall–Kier alpha value is -3.39. The van der Waals surface area contributed by atoms with Gasteiger partial charge >= 0.3 is 0 Å². The summed E-state index contributed by atoms with van der Waals surface area (Å²) >= 11 is 1.47. The highest BCUT2D eigenvalue weighted by Crippen LogP contribution is 2.34. The van der Waals surface area contributed by atoms with Gasteiger partial charge in [0.05, 0.1) is 12.8 Å². The Morgan fingerprint density at radius 1 is 1.16 bits per heavy atom. The molecule has 2 aromatic heterocycles. The molecule has 8 heteroatoms. The lowest BCUT2D eigenvalue weighted by molar-refractivity contribution is -0.118. The Kier molecular flexibility index (Phi) is 5.88. The molecule has 7 nitrogen and oxygen atoms in total. The Balaban J connectivity index is 1.47. The second-order valence-electron chi connectivity index (χ2n) is 8.57. The molecule has 0 aliphatic heterocycles. The van der Waals surface area contributed by atoms with Crippen LogP contribution in [0.25, 0.3) is 16.2 Å². The van der Waals surface area contributed by atoms with Crippen LogP contribution in [0.3, 0.4) is 0 Å². The van der Waals surface area contributed by atoms with Gasteiger partial charge in [0.2, 0.25) is 4.96 Å². The number of nitrogens with zero attached hydrogens (tertiary/aromatic N) is 3. The number of anilines is 1. The van der Waals surface area contributed by atoms with Gasteiger partial charge in [-0.25, -0.2) is 4.52 Å². The second-order valence-corrected chi connectivity index (χ2v) is 9.40. The van der Waals surface area contributed by atoms with Gasteiger partial charge in [0.15, 0.2) is 6.61 Å². The smallest absolute Gasteiger partial charge is 0.264 e. The minimum absolute atomic E-state index is 0.146. The third kappa shape index (κ3) is 4.60. The van der Waals surface area contributed by atoms with Crippen LogP contribution in [-0.4, -0.2) is 34.2 Å². The summed E-state index contributed by atoms with van der Waals surface area (Å²) in [6, 6.07) is 13.8. The van der Waals surface area contributed by atoms with Gasteiger partial charge in [-0.05, 0) is 30.5 Å². The van der Waals surface area contributed by atoms with E-state index in [2.05, 4.69) is 55.2 Å². The second kappa shape index (κ2) is 8.63. The van der Waals surface area contributed by atoms with Crippen LogP contribution in [0, 0.1) is 6.92 Å². The third-order valence-electron chi connectivity index (χ3n) is 5.03. The monoisotopic (exact) mass is 450 g/mol. The molecule has 0 saturated carbocycles. The number of benzene rings is 2. The molecule has 0 radical (unpaired) electrons. The number of hydrogen-bond donors (Lipinski definition) is 1. The van der Waals surface area contributed by atoms with Gasteiger partial charge in [-0.3, -0.25) is 10.1 Å². The van der Waals surface area contributed by atoms with Crippen molar-refractivity contribution in [2.24, 2.45) is 0 Å². The van der Waals surface area contributed by atoms with Gasteiger partial charge in [0.25, 0.3) is 11.9 Å². The lowest BCUT2D eigenvalue weighted by atomic mass is 9.86. The Morgan fingerprint density at radius 3 is 2.59 bits per heavy atom. The molecule has 4 aromatic rings. The van der Waals surface area contributed by atoms with Crippen LogP contribution in [0.4, 0.5) is 5.95 Å². The van der Waals surface area contributed by atoms with E-state index in [1.54, 1.807) is 11.6 Å². The van der Waals surface area contributed by atoms with Crippen molar-refractivity contribution in [3.05, 3.63) is 59.0 Å². The van der Waals surface area contributed by atoms with E-state index < -0.39 is 0 Å². The van der Waals surface area contributed by atoms with Crippen LogP contribution >= 0.6 is 11.3 Å². The van der Waals surface area contributed by atoms with E-state index >= 15 is 0 Å². The number of methoxy groups -OCH3 is 1. The molecule has 0 aliphatic carbocycles. The van der Waals surface area contributed by atoms with Crippen molar-refractivity contribution in [2.75, 3.05) is 19.0 Å². The average Bonchev–Trinajstić information content (AvgIpc) is 3.32. The Bertz CT molecular complexity index is 1250. The molecule has 0 atom stereocenters. The zero-order valence-corrected chi connectivity index (χ0v) is 19.6. The number of carbonyl (C=O) groups excluding carboxylic acids is 1. The molecular formula is C24H26N4O3S. The summed E-state index contributed by atoms with van der Waals surface area (Å²) in [5, 5.41) is 9.20. The first-order valence-corrected chi connectivity index (χ1v) is 11.1. The molecule has 2 aromatic carbocycles. The van der Waals surface area contributed by atoms with Crippen molar-refractivity contribution in [1.29, 1.82) is 0 Å². The summed E-state index contributed by atoms with van der Waals surface area (Å²) in [6.45, 7) is 8.16.